The molecule has 1 aromatic carbocycles. The van der Waals surface area contributed by atoms with Gasteiger partial charge in [0.05, 0.1) is 6.54 Å². The lowest BCUT2D eigenvalue weighted by Crippen LogP contribution is -2.32. The van der Waals surface area contributed by atoms with Crippen molar-refractivity contribution in [1.82, 2.24) is 5.32 Å². The van der Waals surface area contributed by atoms with Gasteiger partial charge in [0.25, 0.3) is 5.91 Å². The van der Waals surface area contributed by atoms with E-state index in [1.165, 1.54) is 0 Å². The molecule has 1 fully saturated rings. The average molecular weight is 286 g/mol. The highest BCUT2D eigenvalue weighted by Crippen LogP contribution is 2.14. The van der Waals surface area contributed by atoms with E-state index in [1.807, 2.05) is 25.1 Å². The molecule has 1 amide bonds. The fraction of sp³-hybridized carbons (Fsp3) is 0.471. The minimum atomic E-state index is -0.0407. The molecule has 0 saturated carbocycles. The molecule has 1 aliphatic rings. The van der Waals surface area contributed by atoms with Crippen molar-refractivity contribution in [3.8, 4) is 11.8 Å². The van der Waals surface area contributed by atoms with Gasteiger partial charge in [0.1, 0.15) is 0 Å². The predicted molar refractivity (Wildman–Crippen MR) is 83.0 cm³/mol. The second kappa shape index (κ2) is 7.82. The van der Waals surface area contributed by atoms with Crippen molar-refractivity contribution in [1.29, 1.82) is 0 Å². The zero-order chi connectivity index (χ0) is 15.1. The molecule has 1 heterocycles. The van der Waals surface area contributed by atoms with Crippen molar-refractivity contribution < 1.29 is 9.53 Å². The SMILES string of the molecule is Cc1cc(C#CCN)cc(C(=O)NCC2CCOCC2)c1. The molecule has 4 heteroatoms. The van der Waals surface area contributed by atoms with Gasteiger partial charge in [0.2, 0.25) is 0 Å². The largest absolute Gasteiger partial charge is 0.381 e. The van der Waals surface area contributed by atoms with Gasteiger partial charge in [-0.3, -0.25) is 4.79 Å². The Morgan fingerprint density at radius 3 is 2.86 bits per heavy atom. The molecule has 0 unspecified atom stereocenters. The minimum Gasteiger partial charge on any atom is -0.381 e. The van der Waals surface area contributed by atoms with Gasteiger partial charge in [-0.05, 0) is 49.4 Å². The Morgan fingerprint density at radius 1 is 1.38 bits per heavy atom. The minimum absolute atomic E-state index is 0.0407. The van der Waals surface area contributed by atoms with E-state index in [9.17, 15) is 4.79 Å². The quantitative estimate of drug-likeness (QED) is 0.827. The van der Waals surface area contributed by atoms with Crippen LogP contribution in [-0.2, 0) is 4.74 Å². The summed E-state index contributed by atoms with van der Waals surface area (Å²) in [7, 11) is 0. The molecule has 1 aromatic rings. The van der Waals surface area contributed by atoms with Crippen molar-refractivity contribution in [2.45, 2.75) is 19.8 Å². The third-order valence-corrected chi connectivity index (χ3v) is 3.57. The standard InChI is InChI=1S/C17H22N2O2/c1-13-9-15(3-2-6-18)11-16(10-13)17(20)19-12-14-4-7-21-8-5-14/h9-11,14H,4-8,12,18H2,1H3,(H,19,20). The molecular formula is C17H22N2O2. The molecule has 0 aromatic heterocycles. The molecule has 1 saturated heterocycles. The number of carbonyl (C=O) groups is 1. The van der Waals surface area contributed by atoms with Crippen LogP contribution in [0.2, 0.25) is 0 Å². The summed E-state index contributed by atoms with van der Waals surface area (Å²) in [6.07, 6.45) is 2.03. The molecule has 0 aliphatic carbocycles. The van der Waals surface area contributed by atoms with Crippen LogP contribution >= 0.6 is 0 Å². The number of hydrogen-bond donors (Lipinski definition) is 2. The zero-order valence-electron chi connectivity index (χ0n) is 12.4. The first-order valence-electron chi connectivity index (χ1n) is 7.35. The van der Waals surface area contributed by atoms with Crippen molar-refractivity contribution in [3.63, 3.8) is 0 Å². The highest BCUT2D eigenvalue weighted by atomic mass is 16.5. The molecule has 4 nitrogen and oxygen atoms in total. The highest BCUT2D eigenvalue weighted by molar-refractivity contribution is 5.94. The van der Waals surface area contributed by atoms with Crippen molar-refractivity contribution in [2.75, 3.05) is 26.3 Å². The van der Waals surface area contributed by atoms with Gasteiger partial charge < -0.3 is 15.8 Å². The summed E-state index contributed by atoms with van der Waals surface area (Å²) >= 11 is 0. The maximum atomic E-state index is 12.3. The monoisotopic (exact) mass is 286 g/mol. The van der Waals surface area contributed by atoms with Gasteiger partial charge >= 0.3 is 0 Å². The summed E-state index contributed by atoms with van der Waals surface area (Å²) in [5.74, 6) is 6.27. The first-order chi connectivity index (χ1) is 10.2. The third-order valence-electron chi connectivity index (χ3n) is 3.57. The Kier molecular flexibility index (Phi) is 5.79. The van der Waals surface area contributed by atoms with Gasteiger partial charge in [0.15, 0.2) is 0 Å². The van der Waals surface area contributed by atoms with Gasteiger partial charge in [-0.15, -0.1) is 0 Å². The molecule has 0 atom stereocenters. The fourth-order valence-electron chi connectivity index (χ4n) is 2.43. The topological polar surface area (TPSA) is 64.4 Å². The molecular weight excluding hydrogens is 264 g/mol. The Bertz CT molecular complexity index is 552. The number of ether oxygens (including phenoxy) is 1. The Hall–Kier alpha value is -1.83. The summed E-state index contributed by atoms with van der Waals surface area (Å²) in [5.41, 5.74) is 7.89. The van der Waals surface area contributed by atoms with Crippen molar-refractivity contribution in [3.05, 3.63) is 34.9 Å². The number of benzene rings is 1. The lowest BCUT2D eigenvalue weighted by atomic mass is 10.00. The number of amides is 1. The normalized spacial score (nSPS) is 15.1. The molecule has 21 heavy (non-hydrogen) atoms. The van der Waals surface area contributed by atoms with E-state index < -0.39 is 0 Å². The van der Waals surface area contributed by atoms with E-state index in [0.29, 0.717) is 24.6 Å². The third kappa shape index (κ3) is 4.89. The van der Waals surface area contributed by atoms with Crippen LogP contribution in [0.5, 0.6) is 0 Å². The van der Waals surface area contributed by atoms with E-state index in [2.05, 4.69) is 17.2 Å². The maximum Gasteiger partial charge on any atom is 0.251 e. The van der Waals surface area contributed by atoms with Gasteiger partial charge in [-0.1, -0.05) is 11.8 Å². The van der Waals surface area contributed by atoms with E-state index in [0.717, 1.165) is 37.2 Å². The van der Waals surface area contributed by atoms with Crippen LogP contribution in [0.1, 0.15) is 34.3 Å². The second-order valence-corrected chi connectivity index (χ2v) is 5.36. The fourth-order valence-corrected chi connectivity index (χ4v) is 2.43. The van der Waals surface area contributed by atoms with Crippen molar-refractivity contribution >= 4 is 5.91 Å². The van der Waals surface area contributed by atoms with Crippen LogP contribution < -0.4 is 11.1 Å². The number of rotatable bonds is 3. The lowest BCUT2D eigenvalue weighted by Gasteiger charge is -2.22. The molecule has 0 bridgehead atoms. The second-order valence-electron chi connectivity index (χ2n) is 5.36. The van der Waals surface area contributed by atoms with Gasteiger partial charge in [-0.2, -0.15) is 0 Å². The summed E-state index contributed by atoms with van der Waals surface area (Å²) < 4.78 is 5.32. The van der Waals surface area contributed by atoms with Crippen LogP contribution in [0.4, 0.5) is 0 Å². The Morgan fingerprint density at radius 2 is 2.14 bits per heavy atom. The Labute approximate surface area is 126 Å². The van der Waals surface area contributed by atoms with Crippen LogP contribution in [0, 0.1) is 24.7 Å². The molecule has 0 radical (unpaired) electrons. The summed E-state index contributed by atoms with van der Waals surface area (Å²) in [4.78, 5) is 12.3. The number of nitrogens with two attached hydrogens (primary N) is 1. The van der Waals surface area contributed by atoms with E-state index >= 15 is 0 Å². The van der Waals surface area contributed by atoms with E-state index in [1.54, 1.807) is 0 Å². The van der Waals surface area contributed by atoms with E-state index in [-0.39, 0.29) is 5.91 Å². The molecule has 1 aliphatic heterocycles. The number of aryl methyl sites for hydroxylation is 1. The molecule has 0 spiro atoms. The number of carbonyl (C=O) groups excluding carboxylic acids is 1. The van der Waals surface area contributed by atoms with Crippen LogP contribution in [0.25, 0.3) is 0 Å². The first kappa shape index (κ1) is 15.6. The van der Waals surface area contributed by atoms with E-state index in [4.69, 9.17) is 10.5 Å². The average Bonchev–Trinajstić information content (AvgIpc) is 2.51. The summed E-state index contributed by atoms with van der Waals surface area (Å²) in [5, 5.41) is 3.01. The zero-order valence-corrected chi connectivity index (χ0v) is 12.4. The Balaban J connectivity index is 1.99. The number of hydrogen-bond acceptors (Lipinski definition) is 3. The van der Waals surface area contributed by atoms with Crippen LogP contribution in [0.15, 0.2) is 18.2 Å². The van der Waals surface area contributed by atoms with Crippen LogP contribution in [0.3, 0.4) is 0 Å². The molecule has 112 valence electrons. The molecule has 2 rings (SSSR count). The maximum absolute atomic E-state index is 12.3. The molecule has 3 N–H and O–H groups in total. The van der Waals surface area contributed by atoms with Crippen molar-refractivity contribution in [2.24, 2.45) is 11.7 Å². The van der Waals surface area contributed by atoms with Gasteiger partial charge in [-0.25, -0.2) is 0 Å². The predicted octanol–water partition coefficient (Wildman–Crippen LogP) is 1.46. The summed E-state index contributed by atoms with van der Waals surface area (Å²) in [6, 6.07) is 5.65. The van der Waals surface area contributed by atoms with Gasteiger partial charge in [0, 0.05) is 30.9 Å². The first-order valence-corrected chi connectivity index (χ1v) is 7.35. The summed E-state index contributed by atoms with van der Waals surface area (Å²) in [6.45, 7) is 4.58. The number of nitrogens with one attached hydrogen (secondary N) is 1. The van der Waals surface area contributed by atoms with Crippen LogP contribution in [-0.4, -0.2) is 32.2 Å². The highest BCUT2D eigenvalue weighted by Gasteiger charge is 2.15. The lowest BCUT2D eigenvalue weighted by molar-refractivity contribution is 0.0642. The smallest absolute Gasteiger partial charge is 0.251 e.